The van der Waals surface area contributed by atoms with Gasteiger partial charge in [0.05, 0.1) is 6.42 Å². The van der Waals surface area contributed by atoms with E-state index >= 15 is 0 Å². The fraction of sp³-hybridized carbons (Fsp3) is 0.467. The molecule has 1 amide bonds. The van der Waals surface area contributed by atoms with Gasteiger partial charge in [-0.1, -0.05) is 26.0 Å². The zero-order valence-corrected chi connectivity index (χ0v) is 11.3. The third-order valence-corrected chi connectivity index (χ3v) is 3.55. The molecule has 1 aromatic rings. The summed E-state index contributed by atoms with van der Waals surface area (Å²) >= 11 is 0. The molecule has 0 aromatic heterocycles. The van der Waals surface area contributed by atoms with E-state index in [-0.39, 0.29) is 23.9 Å². The van der Waals surface area contributed by atoms with E-state index in [1.54, 1.807) is 17.0 Å². The summed E-state index contributed by atoms with van der Waals surface area (Å²) in [5, 5.41) is 0. The monoisotopic (exact) mass is 263 g/mol. The van der Waals surface area contributed by atoms with E-state index in [2.05, 4.69) is 0 Å². The Morgan fingerprint density at radius 2 is 2.16 bits per heavy atom. The third-order valence-electron chi connectivity index (χ3n) is 3.55. The Bertz CT molecular complexity index is 511. The van der Waals surface area contributed by atoms with Crippen LogP contribution in [0.25, 0.3) is 0 Å². The van der Waals surface area contributed by atoms with E-state index in [1.165, 1.54) is 12.1 Å². The lowest BCUT2D eigenvalue weighted by Gasteiger charge is -2.36. The molecular formula is C15H18FNO2. The Labute approximate surface area is 112 Å². The molecule has 2 rings (SSSR count). The molecule has 0 spiro atoms. The predicted molar refractivity (Wildman–Crippen MR) is 70.1 cm³/mol. The van der Waals surface area contributed by atoms with Gasteiger partial charge < -0.3 is 4.90 Å². The first-order valence-electron chi connectivity index (χ1n) is 6.44. The van der Waals surface area contributed by atoms with Crippen molar-refractivity contribution in [2.45, 2.75) is 26.7 Å². The van der Waals surface area contributed by atoms with Crippen molar-refractivity contribution in [2.75, 3.05) is 13.1 Å². The first kappa shape index (κ1) is 13.7. The largest absolute Gasteiger partial charge is 0.341 e. The van der Waals surface area contributed by atoms with E-state index in [9.17, 15) is 14.0 Å². The van der Waals surface area contributed by atoms with Crippen molar-refractivity contribution in [3.63, 3.8) is 0 Å². The highest BCUT2D eigenvalue weighted by Gasteiger charge is 2.35. The van der Waals surface area contributed by atoms with Crippen LogP contribution in [0.15, 0.2) is 24.3 Å². The second-order valence-corrected chi connectivity index (χ2v) is 5.68. The lowest BCUT2D eigenvalue weighted by atomic mass is 9.82. The molecule has 0 radical (unpaired) electrons. The Morgan fingerprint density at radius 1 is 1.42 bits per heavy atom. The summed E-state index contributed by atoms with van der Waals surface area (Å²) in [5.74, 6) is -0.187. The first-order valence-corrected chi connectivity index (χ1v) is 6.44. The van der Waals surface area contributed by atoms with Gasteiger partial charge >= 0.3 is 0 Å². The number of Topliss-reactive ketones (excluding diaryl/α,β-unsaturated/α-hetero) is 1. The number of piperidine rings is 1. The molecule has 1 aromatic carbocycles. The number of benzene rings is 1. The highest BCUT2D eigenvalue weighted by atomic mass is 19.1. The molecular weight excluding hydrogens is 245 g/mol. The Hall–Kier alpha value is -1.71. The fourth-order valence-corrected chi connectivity index (χ4v) is 2.37. The van der Waals surface area contributed by atoms with Crippen molar-refractivity contribution in [1.29, 1.82) is 0 Å². The van der Waals surface area contributed by atoms with Crippen molar-refractivity contribution in [1.82, 2.24) is 4.90 Å². The Morgan fingerprint density at radius 3 is 2.79 bits per heavy atom. The zero-order chi connectivity index (χ0) is 14.0. The highest BCUT2D eigenvalue weighted by Crippen LogP contribution is 2.25. The molecule has 0 unspecified atom stereocenters. The van der Waals surface area contributed by atoms with Gasteiger partial charge in [-0.25, -0.2) is 4.39 Å². The number of carbonyl (C=O) groups excluding carboxylic acids is 2. The maximum absolute atomic E-state index is 13.1. The molecule has 1 saturated heterocycles. The number of likely N-dealkylation sites (tertiary alicyclic amines) is 1. The standard InChI is InChI=1S/C15H18FNO2/c1-15(2)10-17(7-6-13(15)18)14(19)9-11-4-3-5-12(16)8-11/h3-5,8H,6-7,9-10H2,1-2H3. The molecule has 1 fully saturated rings. The number of hydrogen-bond acceptors (Lipinski definition) is 2. The van der Waals surface area contributed by atoms with Crippen molar-refractivity contribution in [3.05, 3.63) is 35.6 Å². The third kappa shape index (κ3) is 3.19. The molecule has 0 bridgehead atoms. The minimum absolute atomic E-state index is 0.0498. The number of rotatable bonds is 2. The topological polar surface area (TPSA) is 37.4 Å². The second-order valence-electron chi connectivity index (χ2n) is 5.68. The van der Waals surface area contributed by atoms with Crippen LogP contribution in [0, 0.1) is 11.2 Å². The molecule has 0 atom stereocenters. The van der Waals surface area contributed by atoms with E-state index in [0.717, 1.165) is 0 Å². The zero-order valence-electron chi connectivity index (χ0n) is 11.3. The van der Waals surface area contributed by atoms with Crippen LogP contribution in [0.4, 0.5) is 4.39 Å². The van der Waals surface area contributed by atoms with Crippen LogP contribution >= 0.6 is 0 Å². The molecule has 1 aliphatic heterocycles. The lowest BCUT2D eigenvalue weighted by molar-refractivity contribution is -0.140. The second kappa shape index (κ2) is 5.11. The maximum atomic E-state index is 13.1. The van der Waals surface area contributed by atoms with E-state index in [0.29, 0.717) is 25.1 Å². The quantitative estimate of drug-likeness (QED) is 0.820. The molecule has 0 N–H and O–H groups in total. The van der Waals surface area contributed by atoms with Crippen LogP contribution in [0.2, 0.25) is 0 Å². The molecule has 102 valence electrons. The normalized spacial score (nSPS) is 18.5. The van der Waals surface area contributed by atoms with E-state index < -0.39 is 5.41 Å². The molecule has 4 heteroatoms. The number of hydrogen-bond donors (Lipinski definition) is 0. The summed E-state index contributed by atoms with van der Waals surface area (Å²) in [6, 6.07) is 6.07. The summed E-state index contributed by atoms with van der Waals surface area (Å²) < 4.78 is 13.1. The minimum Gasteiger partial charge on any atom is -0.341 e. The van der Waals surface area contributed by atoms with E-state index in [4.69, 9.17) is 0 Å². The Kier molecular flexibility index (Phi) is 3.69. The maximum Gasteiger partial charge on any atom is 0.227 e. The van der Waals surface area contributed by atoms with Gasteiger partial charge in [-0.15, -0.1) is 0 Å². The molecule has 0 saturated carbocycles. The average molecular weight is 263 g/mol. The number of ketones is 1. The summed E-state index contributed by atoms with van der Waals surface area (Å²) in [6.07, 6.45) is 0.587. The highest BCUT2D eigenvalue weighted by molar-refractivity contribution is 5.88. The SMILES string of the molecule is CC1(C)CN(C(=O)Cc2cccc(F)c2)CCC1=O. The van der Waals surface area contributed by atoms with Gasteiger partial charge in [-0.2, -0.15) is 0 Å². The summed E-state index contributed by atoms with van der Waals surface area (Å²) in [5.41, 5.74) is 0.190. The molecule has 3 nitrogen and oxygen atoms in total. The number of halogens is 1. The van der Waals surface area contributed by atoms with Crippen LogP contribution in [0.5, 0.6) is 0 Å². The molecule has 1 aliphatic rings. The van der Waals surface area contributed by atoms with Crippen molar-refractivity contribution in [2.24, 2.45) is 5.41 Å². The van der Waals surface area contributed by atoms with Crippen molar-refractivity contribution in [3.8, 4) is 0 Å². The van der Waals surface area contributed by atoms with Gasteiger partial charge in [-0.3, -0.25) is 9.59 Å². The first-order chi connectivity index (χ1) is 8.88. The summed E-state index contributed by atoms with van der Waals surface area (Å²) in [7, 11) is 0. The van der Waals surface area contributed by atoms with Gasteiger partial charge in [-0.05, 0) is 17.7 Å². The van der Waals surface area contributed by atoms with Gasteiger partial charge in [0.1, 0.15) is 11.6 Å². The van der Waals surface area contributed by atoms with Crippen LogP contribution in [-0.2, 0) is 16.0 Å². The molecule has 0 aliphatic carbocycles. The van der Waals surface area contributed by atoms with E-state index in [1.807, 2.05) is 13.8 Å². The van der Waals surface area contributed by atoms with Crippen LogP contribution in [-0.4, -0.2) is 29.7 Å². The van der Waals surface area contributed by atoms with Crippen LogP contribution < -0.4 is 0 Å². The smallest absolute Gasteiger partial charge is 0.227 e. The average Bonchev–Trinajstić information content (AvgIpc) is 2.32. The van der Waals surface area contributed by atoms with Crippen molar-refractivity contribution >= 4 is 11.7 Å². The van der Waals surface area contributed by atoms with Crippen LogP contribution in [0.1, 0.15) is 25.8 Å². The predicted octanol–water partition coefficient (Wildman–Crippen LogP) is 2.20. The van der Waals surface area contributed by atoms with Gasteiger partial charge in [0.25, 0.3) is 0 Å². The summed E-state index contributed by atoms with van der Waals surface area (Å²) in [4.78, 5) is 25.6. The minimum atomic E-state index is -0.476. The van der Waals surface area contributed by atoms with Crippen LogP contribution in [0.3, 0.4) is 0 Å². The number of carbonyl (C=O) groups is 2. The number of nitrogens with zero attached hydrogens (tertiary/aromatic N) is 1. The molecule has 19 heavy (non-hydrogen) atoms. The van der Waals surface area contributed by atoms with Gasteiger partial charge in [0.2, 0.25) is 5.91 Å². The summed E-state index contributed by atoms with van der Waals surface area (Å²) in [6.45, 7) is 4.63. The Balaban J connectivity index is 2.03. The molecule has 1 heterocycles. The van der Waals surface area contributed by atoms with Gasteiger partial charge in [0.15, 0.2) is 0 Å². The fourth-order valence-electron chi connectivity index (χ4n) is 2.37. The number of amides is 1. The van der Waals surface area contributed by atoms with Gasteiger partial charge in [0, 0.05) is 24.9 Å². The lowest BCUT2D eigenvalue weighted by Crippen LogP contribution is -2.49. The van der Waals surface area contributed by atoms with Crippen molar-refractivity contribution < 1.29 is 14.0 Å².